The van der Waals surface area contributed by atoms with Crippen LogP contribution in [0.15, 0.2) is 65.8 Å². The molecule has 0 spiro atoms. The summed E-state index contributed by atoms with van der Waals surface area (Å²) < 4.78 is 5.96. The maximum atomic E-state index is 13.5. The van der Waals surface area contributed by atoms with Gasteiger partial charge in [0, 0.05) is 11.9 Å². The van der Waals surface area contributed by atoms with Crippen molar-refractivity contribution in [3.63, 3.8) is 0 Å². The van der Waals surface area contributed by atoms with Crippen LogP contribution in [0.1, 0.15) is 34.5 Å². The van der Waals surface area contributed by atoms with Gasteiger partial charge in [0.05, 0.1) is 35.0 Å². The number of aryl methyl sites for hydroxylation is 1. The summed E-state index contributed by atoms with van der Waals surface area (Å²) in [6, 6.07) is 16.0. The number of nitrogens with one attached hydrogen (secondary N) is 2. The van der Waals surface area contributed by atoms with Gasteiger partial charge in [-0.25, -0.2) is 14.8 Å². The molecule has 4 N–H and O–H groups in total. The van der Waals surface area contributed by atoms with E-state index in [4.69, 9.17) is 10.5 Å². The third kappa shape index (κ3) is 4.69. The first-order valence-electron chi connectivity index (χ1n) is 12.9. The van der Waals surface area contributed by atoms with Crippen LogP contribution in [0.25, 0.3) is 10.2 Å². The van der Waals surface area contributed by atoms with E-state index in [-0.39, 0.29) is 24.5 Å². The van der Waals surface area contributed by atoms with Gasteiger partial charge in [0.2, 0.25) is 0 Å². The van der Waals surface area contributed by atoms with E-state index in [0.717, 1.165) is 17.7 Å². The van der Waals surface area contributed by atoms with Gasteiger partial charge in [-0.2, -0.15) is 0 Å². The Morgan fingerprint density at radius 1 is 1.18 bits per heavy atom. The largest absolute Gasteiger partial charge is 0.457 e. The van der Waals surface area contributed by atoms with E-state index in [2.05, 4.69) is 20.6 Å². The average Bonchev–Trinajstić information content (AvgIpc) is 3.55. The number of carbonyl (C=O) groups is 3. The number of ether oxygens (including phenoxy) is 1. The number of pyridine rings is 1. The zero-order valence-electron chi connectivity index (χ0n) is 21.6. The number of aromatic nitrogens is 1. The van der Waals surface area contributed by atoms with Gasteiger partial charge in [-0.05, 0) is 68.1 Å². The Balaban J connectivity index is 1.32. The van der Waals surface area contributed by atoms with Crippen molar-refractivity contribution in [2.45, 2.75) is 32.2 Å². The molecule has 11 heteroatoms. The Morgan fingerprint density at radius 2 is 2.00 bits per heavy atom. The zero-order valence-corrected chi connectivity index (χ0v) is 22.5. The molecule has 0 bridgehead atoms. The summed E-state index contributed by atoms with van der Waals surface area (Å²) >= 11 is 1.21. The van der Waals surface area contributed by atoms with Crippen molar-refractivity contribution in [3.8, 4) is 11.5 Å². The molecular formula is C29H26N6O4S. The molecule has 3 heterocycles. The number of benzene rings is 2. The lowest BCUT2D eigenvalue weighted by Crippen LogP contribution is -2.39. The lowest BCUT2D eigenvalue weighted by molar-refractivity contribution is -0.116. The molecule has 0 radical (unpaired) electrons. The molecular weight excluding hydrogens is 528 g/mol. The van der Waals surface area contributed by atoms with Gasteiger partial charge >= 0.3 is 6.03 Å². The van der Waals surface area contributed by atoms with Crippen LogP contribution in [0.2, 0.25) is 0 Å². The highest BCUT2D eigenvalue weighted by Gasteiger charge is 2.34. The van der Waals surface area contributed by atoms with Gasteiger partial charge in [0.15, 0.2) is 0 Å². The minimum absolute atomic E-state index is 0.177. The maximum Gasteiger partial charge on any atom is 0.331 e. The summed E-state index contributed by atoms with van der Waals surface area (Å²) in [6.07, 6.45) is 3.75. The summed E-state index contributed by atoms with van der Waals surface area (Å²) in [7, 11) is 0. The molecule has 6 rings (SSSR count). The summed E-state index contributed by atoms with van der Waals surface area (Å²) in [5, 5.41) is 6.61. The monoisotopic (exact) mass is 554 g/mol. The normalized spacial score (nSPS) is 17.2. The average molecular weight is 555 g/mol. The van der Waals surface area contributed by atoms with Crippen molar-refractivity contribution in [3.05, 3.63) is 71.2 Å². The fraction of sp³-hybridized carbons (Fsp3) is 0.207. The summed E-state index contributed by atoms with van der Waals surface area (Å²) in [5.74, 6) is 0.611. The smallest absolute Gasteiger partial charge is 0.331 e. The number of hydrogen-bond donors (Lipinski definition) is 3. The Hall–Kier alpha value is -4.61. The molecule has 4 amide bonds. The highest BCUT2D eigenvalue weighted by atomic mass is 32.1. The molecule has 10 nitrogen and oxygen atoms in total. The molecule has 1 aliphatic heterocycles. The number of thiophene rings is 1. The van der Waals surface area contributed by atoms with Crippen LogP contribution in [0.5, 0.6) is 11.5 Å². The van der Waals surface area contributed by atoms with E-state index in [9.17, 15) is 14.4 Å². The van der Waals surface area contributed by atoms with Crippen molar-refractivity contribution in [1.82, 2.24) is 10.3 Å². The minimum atomic E-state index is -0.413. The minimum Gasteiger partial charge on any atom is -0.457 e. The predicted molar refractivity (Wildman–Crippen MR) is 155 cm³/mol. The Bertz CT molecular complexity index is 1680. The molecule has 202 valence electrons. The fourth-order valence-corrected chi connectivity index (χ4v) is 6.12. The van der Waals surface area contributed by atoms with Gasteiger partial charge in [0.25, 0.3) is 11.8 Å². The van der Waals surface area contributed by atoms with E-state index in [1.54, 1.807) is 17.2 Å². The first-order valence-corrected chi connectivity index (χ1v) is 13.7. The summed E-state index contributed by atoms with van der Waals surface area (Å²) in [5.41, 5.74) is 8.62. The Kier molecular flexibility index (Phi) is 6.74. The van der Waals surface area contributed by atoms with E-state index in [1.807, 2.05) is 55.5 Å². The van der Waals surface area contributed by atoms with Crippen LogP contribution in [0.4, 0.5) is 21.9 Å². The Morgan fingerprint density at radius 3 is 2.77 bits per heavy atom. The van der Waals surface area contributed by atoms with Crippen LogP contribution in [-0.2, 0) is 4.79 Å². The van der Waals surface area contributed by atoms with Crippen molar-refractivity contribution in [2.24, 2.45) is 10.7 Å². The quantitative estimate of drug-likeness (QED) is 0.296. The number of rotatable bonds is 6. The van der Waals surface area contributed by atoms with Crippen LogP contribution < -0.4 is 26.0 Å². The van der Waals surface area contributed by atoms with Crippen molar-refractivity contribution in [2.75, 3.05) is 16.8 Å². The third-order valence-electron chi connectivity index (χ3n) is 6.92. The first kappa shape index (κ1) is 25.7. The molecule has 1 fully saturated rings. The molecule has 4 aromatic rings. The molecule has 0 saturated heterocycles. The SMILES string of the molecule is Cc1cc(Oc2ccccc2)ccc1N1C(=O)Nc2c(C(=O)N[C@@H]3CCC/C3=N\C(=O)CN)sc3nccc1c23. The number of nitrogens with two attached hydrogens (primary N) is 1. The lowest BCUT2D eigenvalue weighted by Gasteiger charge is -2.29. The molecule has 40 heavy (non-hydrogen) atoms. The number of urea groups is 1. The topological polar surface area (TPSA) is 139 Å². The number of amides is 4. The van der Waals surface area contributed by atoms with Gasteiger partial charge in [0.1, 0.15) is 21.2 Å². The first-order chi connectivity index (χ1) is 19.4. The maximum absolute atomic E-state index is 13.5. The van der Waals surface area contributed by atoms with Crippen LogP contribution in [0.3, 0.4) is 0 Å². The number of para-hydroxylation sites is 1. The number of hydrogen-bond acceptors (Lipinski definition) is 7. The van der Waals surface area contributed by atoms with Gasteiger partial charge in [-0.15, -0.1) is 11.3 Å². The standard InChI is InChI=1S/C29H26N6O4S/c1-16-14-18(39-17-6-3-2-4-7-17)10-11-21(16)35-22-12-13-31-28-24(22)25(34-29(35)38)26(40-28)27(37)33-20-9-5-8-19(20)32-23(36)15-30/h2-4,6-7,10-14,20H,5,8-9,15,30H2,1H3,(H,33,37)(H,34,38)/b32-19+/t20-/m1/s1. The molecule has 2 aliphatic rings. The van der Waals surface area contributed by atoms with Crippen LogP contribution in [0, 0.1) is 6.92 Å². The van der Waals surface area contributed by atoms with Crippen molar-refractivity contribution in [1.29, 1.82) is 0 Å². The molecule has 0 unspecified atom stereocenters. The van der Waals surface area contributed by atoms with Gasteiger partial charge in [-0.1, -0.05) is 18.2 Å². The second kappa shape index (κ2) is 10.5. The zero-order chi connectivity index (χ0) is 27.8. The van der Waals surface area contributed by atoms with E-state index in [0.29, 0.717) is 56.5 Å². The highest BCUT2D eigenvalue weighted by molar-refractivity contribution is 7.21. The molecule has 1 saturated carbocycles. The number of anilines is 3. The van der Waals surface area contributed by atoms with Gasteiger partial charge < -0.3 is 21.1 Å². The molecule has 2 aromatic carbocycles. The third-order valence-corrected chi connectivity index (χ3v) is 8.01. The molecule has 2 aromatic heterocycles. The van der Waals surface area contributed by atoms with E-state index < -0.39 is 5.91 Å². The van der Waals surface area contributed by atoms with Crippen LogP contribution >= 0.6 is 11.3 Å². The van der Waals surface area contributed by atoms with E-state index in [1.165, 1.54) is 11.3 Å². The molecule has 1 atom stereocenters. The lowest BCUT2D eigenvalue weighted by atomic mass is 10.1. The highest BCUT2D eigenvalue weighted by Crippen LogP contribution is 2.46. The summed E-state index contributed by atoms with van der Waals surface area (Å²) in [4.78, 5) is 49.8. The van der Waals surface area contributed by atoms with Crippen LogP contribution in [-0.4, -0.2) is 41.1 Å². The predicted octanol–water partition coefficient (Wildman–Crippen LogP) is 5.29. The van der Waals surface area contributed by atoms with Crippen molar-refractivity contribution >= 4 is 62.2 Å². The number of nitrogens with zero attached hydrogens (tertiary/aromatic N) is 3. The second-order valence-electron chi connectivity index (χ2n) is 9.56. The summed E-state index contributed by atoms with van der Waals surface area (Å²) in [6.45, 7) is 1.74. The molecule has 1 aliphatic carbocycles. The second-order valence-corrected chi connectivity index (χ2v) is 10.6. The fourth-order valence-electron chi connectivity index (χ4n) is 5.10. The van der Waals surface area contributed by atoms with Gasteiger partial charge in [-0.3, -0.25) is 14.5 Å². The Labute approximate surface area is 233 Å². The number of carbonyl (C=O) groups excluding carboxylic acids is 3. The number of aliphatic imine (C=N–C) groups is 1. The van der Waals surface area contributed by atoms with Crippen molar-refractivity contribution < 1.29 is 19.1 Å². The van der Waals surface area contributed by atoms with E-state index >= 15 is 0 Å².